The molecule has 1 heterocycles. The van der Waals surface area contributed by atoms with Crippen LogP contribution >= 0.6 is 34.8 Å². The average Bonchev–Trinajstić information content (AvgIpc) is 2.64. The summed E-state index contributed by atoms with van der Waals surface area (Å²) in [6.45, 7) is 0.497. The molecular formula is C13H16Cl3NO. The van der Waals surface area contributed by atoms with Gasteiger partial charge in [0, 0.05) is 31.6 Å². The molecule has 1 saturated heterocycles. The molecule has 2 atom stereocenters. The lowest BCUT2D eigenvalue weighted by molar-refractivity contribution is 0.106. The van der Waals surface area contributed by atoms with Gasteiger partial charge in [0.25, 0.3) is 0 Å². The van der Waals surface area contributed by atoms with Crippen LogP contribution < -0.4 is 4.90 Å². The summed E-state index contributed by atoms with van der Waals surface area (Å²) >= 11 is 18.6. The van der Waals surface area contributed by atoms with Crippen molar-refractivity contribution in [1.29, 1.82) is 0 Å². The van der Waals surface area contributed by atoms with Crippen molar-refractivity contribution in [2.75, 3.05) is 31.5 Å². The van der Waals surface area contributed by atoms with Crippen molar-refractivity contribution in [2.45, 2.75) is 10.4 Å². The van der Waals surface area contributed by atoms with E-state index in [1.54, 1.807) is 0 Å². The van der Waals surface area contributed by atoms with Crippen LogP contribution in [0.2, 0.25) is 0 Å². The second-order valence-corrected chi connectivity index (χ2v) is 6.48. The highest BCUT2D eigenvalue weighted by Gasteiger charge is 2.49. The van der Waals surface area contributed by atoms with E-state index < -0.39 is 4.33 Å². The van der Waals surface area contributed by atoms with Crippen LogP contribution in [0, 0.1) is 5.92 Å². The van der Waals surface area contributed by atoms with Gasteiger partial charge in [-0.1, -0.05) is 35.3 Å². The molecule has 0 N–H and O–H groups in total. The summed E-state index contributed by atoms with van der Waals surface area (Å²) in [7, 11) is 4.00. The lowest BCUT2D eigenvalue weighted by Crippen LogP contribution is -2.27. The molecule has 100 valence electrons. The highest BCUT2D eigenvalue weighted by molar-refractivity contribution is 6.49. The predicted molar refractivity (Wildman–Crippen MR) is 78.1 cm³/mol. The van der Waals surface area contributed by atoms with Crippen LogP contribution in [0.3, 0.4) is 0 Å². The van der Waals surface area contributed by atoms with Crippen molar-refractivity contribution < 1.29 is 4.74 Å². The molecule has 2 rings (SSSR count). The van der Waals surface area contributed by atoms with E-state index in [0.29, 0.717) is 12.5 Å². The van der Waals surface area contributed by atoms with Crippen LogP contribution in [-0.2, 0) is 4.74 Å². The van der Waals surface area contributed by atoms with Gasteiger partial charge in [0.1, 0.15) is 6.10 Å². The number of hydrogen-bond donors (Lipinski definition) is 0. The molecule has 0 aromatic heterocycles. The number of nitrogens with zero attached hydrogens (tertiary/aromatic N) is 1. The Balaban J connectivity index is 2.22. The van der Waals surface area contributed by atoms with Crippen LogP contribution in [-0.4, -0.2) is 30.9 Å². The third kappa shape index (κ3) is 2.57. The second kappa shape index (κ2) is 5.46. The van der Waals surface area contributed by atoms with Crippen LogP contribution in [0.15, 0.2) is 24.3 Å². The van der Waals surface area contributed by atoms with E-state index in [9.17, 15) is 0 Å². The number of alkyl halides is 3. The largest absolute Gasteiger partial charge is 0.378 e. The molecule has 0 spiro atoms. The van der Waals surface area contributed by atoms with E-state index >= 15 is 0 Å². The molecule has 0 radical (unpaired) electrons. The molecule has 0 amide bonds. The first-order chi connectivity index (χ1) is 8.46. The maximum Gasteiger partial charge on any atom is 0.154 e. The summed E-state index contributed by atoms with van der Waals surface area (Å²) in [6, 6.07) is 8.04. The van der Waals surface area contributed by atoms with Crippen LogP contribution in [0.5, 0.6) is 0 Å². The number of benzene rings is 1. The minimum Gasteiger partial charge on any atom is -0.378 e. The molecule has 0 aliphatic carbocycles. The van der Waals surface area contributed by atoms with Gasteiger partial charge in [-0.3, -0.25) is 0 Å². The van der Waals surface area contributed by atoms with Gasteiger partial charge in [-0.15, -0.1) is 11.6 Å². The molecule has 18 heavy (non-hydrogen) atoms. The zero-order valence-corrected chi connectivity index (χ0v) is 12.6. The molecule has 1 unspecified atom stereocenters. The molecular weight excluding hydrogens is 293 g/mol. The smallest absolute Gasteiger partial charge is 0.154 e. The predicted octanol–water partition coefficient (Wildman–Crippen LogP) is 3.85. The molecule has 0 bridgehead atoms. The minimum absolute atomic E-state index is 0.0407. The second-order valence-electron chi connectivity index (χ2n) is 4.73. The first kappa shape index (κ1) is 14.3. The lowest BCUT2D eigenvalue weighted by atomic mass is 10.00. The number of anilines is 1. The van der Waals surface area contributed by atoms with Gasteiger partial charge in [0.05, 0.1) is 6.61 Å². The van der Waals surface area contributed by atoms with Crippen molar-refractivity contribution in [1.82, 2.24) is 0 Å². The van der Waals surface area contributed by atoms with Gasteiger partial charge >= 0.3 is 0 Å². The third-order valence-electron chi connectivity index (χ3n) is 3.26. The Bertz CT molecular complexity index is 405. The van der Waals surface area contributed by atoms with E-state index in [1.165, 1.54) is 0 Å². The molecule has 2 nitrogen and oxygen atoms in total. The highest BCUT2D eigenvalue weighted by atomic mass is 35.5. The molecule has 1 fully saturated rings. The van der Waals surface area contributed by atoms with Gasteiger partial charge in [0.2, 0.25) is 0 Å². The molecule has 1 aromatic rings. The van der Waals surface area contributed by atoms with Crippen molar-refractivity contribution in [3.8, 4) is 0 Å². The Morgan fingerprint density at radius 1 is 1.28 bits per heavy atom. The first-order valence-electron chi connectivity index (χ1n) is 5.79. The molecule has 1 aromatic carbocycles. The summed E-state index contributed by atoms with van der Waals surface area (Å²) in [5, 5.41) is 0. The van der Waals surface area contributed by atoms with Gasteiger partial charge in [-0.2, -0.15) is 0 Å². The SMILES string of the molecule is CN(C)c1ccc(C2OC[C@@H](CCl)C2(Cl)Cl)cc1. The van der Waals surface area contributed by atoms with E-state index in [2.05, 4.69) is 0 Å². The van der Waals surface area contributed by atoms with Crippen molar-refractivity contribution in [3.63, 3.8) is 0 Å². The van der Waals surface area contributed by atoms with E-state index in [1.807, 2.05) is 43.3 Å². The van der Waals surface area contributed by atoms with Crippen molar-refractivity contribution in [2.24, 2.45) is 5.92 Å². The third-order valence-corrected chi connectivity index (χ3v) is 4.64. The summed E-state index contributed by atoms with van der Waals surface area (Å²) in [5.41, 5.74) is 2.11. The Morgan fingerprint density at radius 2 is 1.89 bits per heavy atom. The van der Waals surface area contributed by atoms with E-state index in [0.717, 1.165) is 11.3 Å². The normalized spacial score (nSPS) is 26.3. The van der Waals surface area contributed by atoms with Crippen molar-refractivity contribution >= 4 is 40.5 Å². The van der Waals surface area contributed by atoms with Gasteiger partial charge < -0.3 is 9.64 Å². The average molecular weight is 309 g/mol. The Hall–Kier alpha value is -0.150. The Labute approximate surface area is 123 Å². The molecule has 5 heteroatoms. The molecule has 1 aliphatic rings. The zero-order chi connectivity index (χ0) is 13.3. The van der Waals surface area contributed by atoms with E-state index in [4.69, 9.17) is 39.5 Å². The summed E-state index contributed by atoms with van der Waals surface area (Å²) in [5.74, 6) is 0.361. The van der Waals surface area contributed by atoms with Gasteiger partial charge in [-0.25, -0.2) is 0 Å². The van der Waals surface area contributed by atoms with Crippen LogP contribution in [0.1, 0.15) is 11.7 Å². The van der Waals surface area contributed by atoms with Gasteiger partial charge in [-0.05, 0) is 17.7 Å². The summed E-state index contributed by atoms with van der Waals surface area (Å²) in [4.78, 5) is 2.04. The number of rotatable bonds is 3. The highest BCUT2D eigenvalue weighted by Crippen LogP contribution is 2.50. The van der Waals surface area contributed by atoms with Crippen LogP contribution in [0.25, 0.3) is 0 Å². The zero-order valence-electron chi connectivity index (χ0n) is 10.4. The standard InChI is InChI=1S/C13H16Cl3NO/c1-17(2)11-5-3-9(4-6-11)12-13(15,16)10(7-14)8-18-12/h3-6,10,12H,7-8H2,1-2H3/t10-,12?/m1/s1. The fourth-order valence-corrected chi connectivity index (χ4v) is 3.21. The lowest BCUT2D eigenvalue weighted by Gasteiger charge is -2.25. The van der Waals surface area contributed by atoms with Gasteiger partial charge in [0.15, 0.2) is 4.33 Å². The minimum atomic E-state index is -0.957. The number of halogens is 3. The number of hydrogen-bond acceptors (Lipinski definition) is 2. The summed E-state index contributed by atoms with van der Waals surface area (Å²) in [6.07, 6.45) is -0.319. The fourth-order valence-electron chi connectivity index (χ4n) is 2.06. The van der Waals surface area contributed by atoms with E-state index in [-0.39, 0.29) is 12.0 Å². The number of ether oxygens (including phenoxy) is 1. The first-order valence-corrected chi connectivity index (χ1v) is 7.08. The van der Waals surface area contributed by atoms with Crippen molar-refractivity contribution in [3.05, 3.63) is 29.8 Å². The monoisotopic (exact) mass is 307 g/mol. The topological polar surface area (TPSA) is 12.5 Å². The quantitative estimate of drug-likeness (QED) is 0.786. The Morgan fingerprint density at radius 3 is 2.33 bits per heavy atom. The maximum absolute atomic E-state index is 6.38. The molecule has 1 aliphatic heterocycles. The molecule has 0 saturated carbocycles. The Kier molecular flexibility index (Phi) is 4.32. The fraction of sp³-hybridized carbons (Fsp3) is 0.538. The summed E-state index contributed by atoms with van der Waals surface area (Å²) < 4.78 is 4.74. The van der Waals surface area contributed by atoms with Crippen LogP contribution in [0.4, 0.5) is 5.69 Å². The maximum atomic E-state index is 6.38.